The molecule has 0 aliphatic rings. The molecule has 2 aromatic heterocycles. The molecule has 2 heterocycles. The normalized spacial score (nSPS) is 11.6. The molecule has 6 aromatic rings. The van der Waals surface area contributed by atoms with Gasteiger partial charge in [-0.25, -0.2) is 4.99 Å². The minimum absolute atomic E-state index is 0.0642. The molecule has 0 amide bonds. The third-order valence-corrected chi connectivity index (χ3v) is 7.33. The van der Waals surface area contributed by atoms with E-state index < -0.39 is 0 Å². The number of rotatable bonds is 8. The van der Waals surface area contributed by atoms with Gasteiger partial charge in [-0.3, -0.25) is 10.1 Å². The van der Waals surface area contributed by atoms with Gasteiger partial charge in [-0.2, -0.15) is 0 Å². The zero-order chi connectivity index (χ0) is 26.6. The van der Waals surface area contributed by atoms with Gasteiger partial charge in [0.15, 0.2) is 4.80 Å². The third-order valence-electron chi connectivity index (χ3n) is 6.47. The third kappa shape index (κ3) is 5.37. The van der Waals surface area contributed by atoms with Crippen LogP contribution in [0, 0.1) is 10.1 Å². The molecule has 192 valence electrons. The number of nitrogens with zero attached hydrogens (tertiary/aromatic N) is 3. The Balaban J connectivity index is 1.35. The largest absolute Gasteiger partial charge is 0.457 e. The maximum Gasteiger partial charge on any atom is 0.270 e. The van der Waals surface area contributed by atoms with Crippen LogP contribution in [0.4, 0.5) is 11.4 Å². The van der Waals surface area contributed by atoms with Gasteiger partial charge in [-0.1, -0.05) is 48.5 Å². The van der Waals surface area contributed by atoms with Gasteiger partial charge in [0.05, 0.1) is 16.3 Å². The van der Waals surface area contributed by atoms with E-state index in [2.05, 4.69) is 21.7 Å². The fraction of sp³-hybridized carbons (Fsp3) is 0.0645. The number of para-hydroxylation sites is 2. The molecular weight excluding hydrogens is 508 g/mol. The first kappa shape index (κ1) is 24.4. The first-order valence-electron chi connectivity index (χ1n) is 12.5. The van der Waals surface area contributed by atoms with Gasteiger partial charge >= 0.3 is 0 Å². The SMILES string of the molecule is O=[N+]([O-])c1cccc(-c2csc(=Nc3ccc(Oc4ccccc4)cc3)n2CCc2c[nH]c3ccccc23)c1. The highest BCUT2D eigenvalue weighted by atomic mass is 32.1. The number of aromatic amines is 1. The summed E-state index contributed by atoms with van der Waals surface area (Å²) in [6.45, 7) is 0.664. The first-order chi connectivity index (χ1) is 19.1. The molecule has 7 nitrogen and oxygen atoms in total. The Labute approximate surface area is 228 Å². The number of hydrogen-bond acceptors (Lipinski definition) is 5. The molecule has 0 radical (unpaired) electrons. The molecule has 0 aliphatic heterocycles. The lowest BCUT2D eigenvalue weighted by atomic mass is 10.1. The Kier molecular flexibility index (Phi) is 6.76. The van der Waals surface area contributed by atoms with Crippen LogP contribution in [-0.4, -0.2) is 14.5 Å². The van der Waals surface area contributed by atoms with Gasteiger partial charge in [0.1, 0.15) is 11.5 Å². The summed E-state index contributed by atoms with van der Waals surface area (Å²) in [7, 11) is 0. The van der Waals surface area contributed by atoms with Crippen LogP contribution >= 0.6 is 11.3 Å². The lowest BCUT2D eigenvalue weighted by molar-refractivity contribution is -0.384. The summed E-state index contributed by atoms with van der Waals surface area (Å²) in [5.74, 6) is 1.51. The number of ether oxygens (including phenoxy) is 1. The van der Waals surface area contributed by atoms with E-state index >= 15 is 0 Å². The van der Waals surface area contributed by atoms with Gasteiger partial charge < -0.3 is 14.3 Å². The van der Waals surface area contributed by atoms with Crippen LogP contribution in [-0.2, 0) is 13.0 Å². The Morgan fingerprint density at radius 3 is 2.49 bits per heavy atom. The summed E-state index contributed by atoms with van der Waals surface area (Å²) in [6, 6.07) is 32.3. The van der Waals surface area contributed by atoms with Crippen molar-refractivity contribution in [3.63, 3.8) is 0 Å². The number of thiazole rings is 1. The first-order valence-corrected chi connectivity index (χ1v) is 13.4. The highest BCUT2D eigenvalue weighted by Gasteiger charge is 2.13. The van der Waals surface area contributed by atoms with E-state index in [4.69, 9.17) is 9.73 Å². The van der Waals surface area contributed by atoms with Crippen LogP contribution in [0.1, 0.15) is 5.56 Å². The Hall–Kier alpha value is -4.95. The number of benzene rings is 4. The molecule has 0 fully saturated rings. The quantitative estimate of drug-likeness (QED) is 0.160. The number of aromatic nitrogens is 2. The summed E-state index contributed by atoms with van der Waals surface area (Å²) < 4.78 is 8.05. The highest BCUT2D eigenvalue weighted by molar-refractivity contribution is 7.07. The number of aryl methyl sites for hydroxylation is 1. The van der Waals surface area contributed by atoms with Crippen molar-refractivity contribution in [1.29, 1.82) is 0 Å². The van der Waals surface area contributed by atoms with Crippen molar-refractivity contribution >= 4 is 33.6 Å². The van der Waals surface area contributed by atoms with Crippen molar-refractivity contribution in [3.8, 4) is 22.8 Å². The number of H-pyrrole nitrogens is 1. The summed E-state index contributed by atoms with van der Waals surface area (Å²) in [4.78, 5) is 20.2. The average molecular weight is 533 g/mol. The van der Waals surface area contributed by atoms with E-state index in [1.165, 1.54) is 28.4 Å². The van der Waals surface area contributed by atoms with Crippen molar-refractivity contribution in [2.75, 3.05) is 0 Å². The predicted molar refractivity (Wildman–Crippen MR) is 155 cm³/mol. The summed E-state index contributed by atoms with van der Waals surface area (Å²) in [5.41, 5.74) is 4.85. The lowest BCUT2D eigenvalue weighted by Gasteiger charge is -2.10. The van der Waals surface area contributed by atoms with Crippen molar-refractivity contribution in [2.45, 2.75) is 13.0 Å². The van der Waals surface area contributed by atoms with E-state index in [1.54, 1.807) is 12.1 Å². The average Bonchev–Trinajstić information content (AvgIpc) is 3.57. The number of fused-ring (bicyclic) bond motifs is 1. The second-order valence-corrected chi connectivity index (χ2v) is 9.83. The number of nitro groups is 1. The molecule has 0 saturated heterocycles. The molecule has 0 aliphatic carbocycles. The maximum atomic E-state index is 11.4. The zero-order valence-electron chi connectivity index (χ0n) is 20.9. The molecule has 0 unspecified atom stereocenters. The second-order valence-electron chi connectivity index (χ2n) is 8.99. The van der Waals surface area contributed by atoms with Gasteiger partial charge in [0, 0.05) is 46.7 Å². The van der Waals surface area contributed by atoms with Crippen LogP contribution in [0.2, 0.25) is 0 Å². The Morgan fingerprint density at radius 2 is 1.67 bits per heavy atom. The van der Waals surface area contributed by atoms with E-state index in [-0.39, 0.29) is 10.6 Å². The molecule has 8 heteroatoms. The standard InChI is InChI=1S/C31H24N4O3S/c36-35(37)25-8-6-7-22(19-25)30-21-39-31(34(30)18-17-23-20-32-29-12-5-4-11-28(23)29)33-24-13-15-27(16-14-24)38-26-9-2-1-3-10-26/h1-16,19-21,32H,17-18H2. The molecular formula is C31H24N4O3S. The number of hydrogen-bond donors (Lipinski definition) is 1. The smallest absolute Gasteiger partial charge is 0.270 e. The molecule has 6 rings (SSSR count). The predicted octanol–water partition coefficient (Wildman–Crippen LogP) is 7.87. The van der Waals surface area contributed by atoms with Crippen molar-refractivity contribution in [1.82, 2.24) is 9.55 Å². The van der Waals surface area contributed by atoms with Gasteiger partial charge in [0.2, 0.25) is 0 Å². The van der Waals surface area contributed by atoms with Crippen LogP contribution in [0.15, 0.2) is 120 Å². The topological polar surface area (TPSA) is 85.4 Å². The molecule has 0 saturated carbocycles. The minimum atomic E-state index is -0.365. The summed E-state index contributed by atoms with van der Waals surface area (Å²) in [6.07, 6.45) is 2.83. The van der Waals surface area contributed by atoms with Crippen molar-refractivity contribution in [3.05, 3.63) is 135 Å². The molecule has 0 bridgehead atoms. The monoisotopic (exact) mass is 532 g/mol. The van der Waals surface area contributed by atoms with Crippen LogP contribution < -0.4 is 9.54 Å². The molecule has 4 aromatic carbocycles. The molecule has 0 spiro atoms. The second kappa shape index (κ2) is 10.8. The molecule has 1 N–H and O–H groups in total. The maximum absolute atomic E-state index is 11.4. The van der Waals surface area contributed by atoms with Crippen LogP contribution in [0.5, 0.6) is 11.5 Å². The van der Waals surface area contributed by atoms with Gasteiger partial charge in [-0.15, -0.1) is 11.3 Å². The van der Waals surface area contributed by atoms with Gasteiger partial charge in [-0.05, 0) is 54.4 Å². The summed E-state index contributed by atoms with van der Waals surface area (Å²) in [5, 5.41) is 14.6. The fourth-order valence-electron chi connectivity index (χ4n) is 4.54. The Bertz CT molecular complexity index is 1820. The number of nitrogens with one attached hydrogen (secondary N) is 1. The highest BCUT2D eigenvalue weighted by Crippen LogP contribution is 2.27. The van der Waals surface area contributed by atoms with E-state index in [0.29, 0.717) is 6.54 Å². The van der Waals surface area contributed by atoms with E-state index in [1.807, 2.05) is 84.4 Å². The van der Waals surface area contributed by atoms with E-state index in [9.17, 15) is 10.1 Å². The fourth-order valence-corrected chi connectivity index (χ4v) is 5.49. The van der Waals surface area contributed by atoms with Crippen LogP contribution in [0.25, 0.3) is 22.2 Å². The lowest BCUT2D eigenvalue weighted by Crippen LogP contribution is -2.17. The molecule has 39 heavy (non-hydrogen) atoms. The minimum Gasteiger partial charge on any atom is -0.457 e. The number of non-ortho nitro benzene ring substituents is 1. The van der Waals surface area contributed by atoms with Crippen molar-refractivity contribution < 1.29 is 9.66 Å². The van der Waals surface area contributed by atoms with Gasteiger partial charge in [0.25, 0.3) is 5.69 Å². The number of nitro benzene ring substituents is 1. The molecule has 0 atom stereocenters. The zero-order valence-corrected chi connectivity index (χ0v) is 21.7. The van der Waals surface area contributed by atoms with E-state index in [0.717, 1.165) is 45.2 Å². The van der Waals surface area contributed by atoms with Crippen LogP contribution in [0.3, 0.4) is 0 Å². The van der Waals surface area contributed by atoms with Crippen molar-refractivity contribution in [2.24, 2.45) is 4.99 Å². The summed E-state index contributed by atoms with van der Waals surface area (Å²) >= 11 is 1.52. The Morgan fingerprint density at radius 1 is 0.897 bits per heavy atom.